The Morgan fingerprint density at radius 1 is 1.11 bits per heavy atom. The van der Waals surface area contributed by atoms with Crippen molar-refractivity contribution < 1.29 is 18.8 Å². The molecule has 0 unspecified atom stereocenters. The number of Topliss-reactive ketones (excluding diaryl/α,β-unsaturated/α-hetero) is 1. The number of rotatable bonds is 5. The Morgan fingerprint density at radius 2 is 1.89 bits per heavy atom. The Kier molecular flexibility index (Phi) is 4.93. The normalized spacial score (nSPS) is 14.8. The molecule has 0 atom stereocenters. The number of ether oxygens (including phenoxy) is 2. The molecule has 0 saturated carbocycles. The molecule has 0 fully saturated rings. The van der Waals surface area contributed by atoms with Gasteiger partial charge < -0.3 is 14.0 Å². The first kappa shape index (κ1) is 18.0. The number of allylic oxidation sites excluding steroid dienone is 1. The van der Waals surface area contributed by atoms with E-state index in [1.165, 1.54) is 0 Å². The van der Waals surface area contributed by atoms with Crippen molar-refractivity contribution in [3.8, 4) is 11.5 Å². The molecule has 0 N–H and O–H groups in total. The second kappa shape index (κ2) is 7.68. The van der Waals surface area contributed by atoms with E-state index in [1.54, 1.807) is 14.0 Å². The average Bonchev–Trinajstić information content (AvgIpc) is 3.14. The molecule has 0 amide bonds. The highest BCUT2D eigenvalue weighted by Crippen LogP contribution is 2.29. The van der Waals surface area contributed by atoms with Gasteiger partial charge >= 0.3 is 0 Å². The van der Waals surface area contributed by atoms with Crippen LogP contribution in [0.25, 0.3) is 6.08 Å². The fourth-order valence-electron chi connectivity index (χ4n) is 3.23. The largest absolute Gasteiger partial charge is 0.497 e. The summed E-state index contributed by atoms with van der Waals surface area (Å²) in [7, 11) is 1.63. The highest BCUT2D eigenvalue weighted by molar-refractivity contribution is 6.13. The van der Waals surface area contributed by atoms with Gasteiger partial charge in [-0.05, 0) is 60.4 Å². The molecule has 1 aliphatic rings. The van der Waals surface area contributed by atoms with E-state index in [2.05, 4.69) is 10.1 Å². The fraction of sp³-hybridized carbons (Fsp3) is 0.227. The number of ketones is 1. The van der Waals surface area contributed by atoms with Crippen molar-refractivity contribution in [3.63, 3.8) is 0 Å². The number of carbonyl (C=O) groups excluding carboxylic acids is 1. The zero-order chi connectivity index (χ0) is 19.5. The Bertz CT molecular complexity index is 1030. The molecule has 6 heteroatoms. The zero-order valence-electron chi connectivity index (χ0n) is 15.8. The second-order valence-corrected chi connectivity index (χ2v) is 6.61. The van der Waals surface area contributed by atoms with Crippen molar-refractivity contribution in [1.29, 1.82) is 0 Å². The molecule has 1 heterocycles. The van der Waals surface area contributed by atoms with Crippen LogP contribution >= 0.6 is 0 Å². The van der Waals surface area contributed by atoms with Crippen molar-refractivity contribution in [3.05, 3.63) is 76.4 Å². The van der Waals surface area contributed by atoms with E-state index in [1.807, 2.05) is 48.5 Å². The highest BCUT2D eigenvalue weighted by Gasteiger charge is 2.22. The predicted molar refractivity (Wildman–Crippen MR) is 103 cm³/mol. The van der Waals surface area contributed by atoms with Gasteiger partial charge in [-0.15, -0.1) is 0 Å². The maximum Gasteiger partial charge on any atom is 0.223 e. The standard InChI is InChI=1S/C22H20N2O4/c1-14-23-21(24-28-14)13-27-18-7-3-15(4-8-18)11-17-6-5-16-12-19(26-2)9-10-20(16)22(17)25/h3-4,7-12H,5-6,13H2,1-2H3/b17-11-. The van der Waals surface area contributed by atoms with E-state index in [9.17, 15) is 4.79 Å². The van der Waals surface area contributed by atoms with Gasteiger partial charge in [-0.2, -0.15) is 4.98 Å². The Labute approximate surface area is 162 Å². The van der Waals surface area contributed by atoms with Gasteiger partial charge in [-0.3, -0.25) is 4.79 Å². The van der Waals surface area contributed by atoms with Crippen molar-refractivity contribution in [2.75, 3.05) is 7.11 Å². The Morgan fingerprint density at radius 3 is 2.61 bits per heavy atom. The molecular weight excluding hydrogens is 356 g/mol. The van der Waals surface area contributed by atoms with Crippen LogP contribution in [0.4, 0.5) is 0 Å². The summed E-state index contributed by atoms with van der Waals surface area (Å²) < 4.78 is 15.8. The van der Waals surface area contributed by atoms with E-state index in [0.717, 1.165) is 34.4 Å². The summed E-state index contributed by atoms with van der Waals surface area (Å²) in [5.41, 5.74) is 3.58. The van der Waals surface area contributed by atoms with Crippen molar-refractivity contribution in [2.45, 2.75) is 26.4 Å². The molecule has 0 radical (unpaired) electrons. The molecule has 0 spiro atoms. The number of aromatic nitrogens is 2. The zero-order valence-corrected chi connectivity index (χ0v) is 15.8. The Balaban J connectivity index is 1.45. The molecule has 6 nitrogen and oxygen atoms in total. The molecule has 3 aromatic rings. The molecule has 28 heavy (non-hydrogen) atoms. The van der Waals surface area contributed by atoms with E-state index >= 15 is 0 Å². The lowest BCUT2D eigenvalue weighted by Crippen LogP contribution is -2.14. The van der Waals surface area contributed by atoms with Crippen LogP contribution in [0.5, 0.6) is 11.5 Å². The van der Waals surface area contributed by atoms with Crippen molar-refractivity contribution in [2.24, 2.45) is 0 Å². The lowest BCUT2D eigenvalue weighted by atomic mass is 9.86. The summed E-state index contributed by atoms with van der Waals surface area (Å²) >= 11 is 0. The molecule has 142 valence electrons. The van der Waals surface area contributed by atoms with Crippen LogP contribution in [0, 0.1) is 6.92 Å². The maximum absolute atomic E-state index is 12.8. The number of nitrogens with zero attached hydrogens (tertiary/aromatic N) is 2. The third-order valence-corrected chi connectivity index (χ3v) is 4.67. The van der Waals surface area contributed by atoms with Crippen molar-refractivity contribution in [1.82, 2.24) is 10.1 Å². The van der Waals surface area contributed by atoms with Crippen molar-refractivity contribution >= 4 is 11.9 Å². The smallest absolute Gasteiger partial charge is 0.223 e. The quantitative estimate of drug-likeness (QED) is 0.622. The average molecular weight is 376 g/mol. The van der Waals surface area contributed by atoms with Gasteiger partial charge in [0.2, 0.25) is 11.7 Å². The minimum Gasteiger partial charge on any atom is -0.497 e. The van der Waals surface area contributed by atoms with Crippen LogP contribution in [0.15, 0.2) is 52.6 Å². The fourth-order valence-corrected chi connectivity index (χ4v) is 3.23. The van der Waals surface area contributed by atoms with Gasteiger partial charge in [0.15, 0.2) is 12.4 Å². The SMILES string of the molecule is COc1ccc2c(c1)CC/C(=C/c1ccc(OCc3noc(C)n3)cc1)C2=O. The lowest BCUT2D eigenvalue weighted by Gasteiger charge is -2.18. The summed E-state index contributed by atoms with van der Waals surface area (Å²) in [5, 5.41) is 3.80. The van der Waals surface area contributed by atoms with Gasteiger partial charge in [-0.25, -0.2) is 0 Å². The summed E-state index contributed by atoms with van der Waals surface area (Å²) in [6.45, 7) is 1.98. The molecular formula is C22H20N2O4. The lowest BCUT2D eigenvalue weighted by molar-refractivity contribution is 0.102. The summed E-state index contributed by atoms with van der Waals surface area (Å²) in [5.74, 6) is 2.59. The van der Waals surface area contributed by atoms with E-state index in [4.69, 9.17) is 14.0 Å². The van der Waals surface area contributed by atoms with Gasteiger partial charge in [0.25, 0.3) is 0 Å². The third kappa shape index (κ3) is 3.81. The van der Waals surface area contributed by atoms with Crippen LogP contribution < -0.4 is 9.47 Å². The van der Waals surface area contributed by atoms with Crippen LogP contribution in [-0.2, 0) is 13.0 Å². The van der Waals surface area contributed by atoms with Crippen LogP contribution in [0.1, 0.15) is 39.6 Å². The van der Waals surface area contributed by atoms with E-state index in [-0.39, 0.29) is 12.4 Å². The molecule has 1 aromatic heterocycles. The molecule has 1 aliphatic carbocycles. The molecule has 0 aliphatic heterocycles. The first-order valence-corrected chi connectivity index (χ1v) is 9.06. The van der Waals surface area contributed by atoms with E-state index < -0.39 is 0 Å². The number of carbonyl (C=O) groups is 1. The minimum atomic E-state index is 0.0803. The third-order valence-electron chi connectivity index (χ3n) is 4.67. The van der Waals surface area contributed by atoms with Gasteiger partial charge in [0.05, 0.1) is 7.11 Å². The number of fused-ring (bicyclic) bond motifs is 1. The molecule has 4 rings (SSSR count). The summed E-state index contributed by atoms with van der Waals surface area (Å²) in [6.07, 6.45) is 3.49. The topological polar surface area (TPSA) is 74.5 Å². The number of hydrogen-bond donors (Lipinski definition) is 0. The van der Waals surface area contributed by atoms with Crippen LogP contribution in [-0.4, -0.2) is 23.0 Å². The first-order valence-electron chi connectivity index (χ1n) is 9.06. The number of aryl methyl sites for hydroxylation is 2. The second-order valence-electron chi connectivity index (χ2n) is 6.61. The number of hydrogen-bond acceptors (Lipinski definition) is 6. The van der Waals surface area contributed by atoms with Gasteiger partial charge in [0, 0.05) is 18.1 Å². The number of benzene rings is 2. The van der Waals surface area contributed by atoms with Crippen LogP contribution in [0.3, 0.4) is 0 Å². The Hall–Kier alpha value is -3.41. The summed E-state index contributed by atoms with van der Waals surface area (Å²) in [6, 6.07) is 13.2. The first-order chi connectivity index (χ1) is 13.6. The monoisotopic (exact) mass is 376 g/mol. The van der Waals surface area contributed by atoms with Gasteiger partial charge in [0.1, 0.15) is 11.5 Å². The van der Waals surface area contributed by atoms with Gasteiger partial charge in [-0.1, -0.05) is 17.3 Å². The molecule has 0 bridgehead atoms. The van der Waals surface area contributed by atoms with Crippen LogP contribution in [0.2, 0.25) is 0 Å². The predicted octanol–water partition coefficient (Wildman–Crippen LogP) is 4.18. The highest BCUT2D eigenvalue weighted by atomic mass is 16.5. The summed E-state index contributed by atoms with van der Waals surface area (Å²) in [4.78, 5) is 16.9. The minimum absolute atomic E-state index is 0.0803. The molecule has 2 aromatic carbocycles. The molecule has 0 saturated heterocycles. The number of methoxy groups -OCH3 is 1. The maximum atomic E-state index is 12.8. The van der Waals surface area contributed by atoms with E-state index in [0.29, 0.717) is 23.9 Å².